The monoisotopic (exact) mass is 218 g/mol. The van der Waals surface area contributed by atoms with Gasteiger partial charge in [-0.15, -0.1) is 0 Å². The zero-order chi connectivity index (χ0) is 11.6. The van der Waals surface area contributed by atoms with Crippen molar-refractivity contribution in [3.05, 3.63) is 35.9 Å². The van der Waals surface area contributed by atoms with Crippen molar-refractivity contribution in [1.82, 2.24) is 10.2 Å². The molecule has 0 bridgehead atoms. The van der Waals surface area contributed by atoms with Crippen LogP contribution in [0, 0.1) is 0 Å². The summed E-state index contributed by atoms with van der Waals surface area (Å²) in [4.78, 5) is 13.7. The molecular weight excluding hydrogens is 200 g/mol. The molecule has 1 fully saturated rings. The van der Waals surface area contributed by atoms with Gasteiger partial charge in [0.1, 0.15) is 0 Å². The van der Waals surface area contributed by atoms with E-state index in [9.17, 15) is 4.79 Å². The first-order valence-corrected chi connectivity index (χ1v) is 5.64. The Morgan fingerprint density at radius 2 is 2.00 bits per heavy atom. The molecule has 3 nitrogen and oxygen atoms in total. The molecule has 1 aliphatic heterocycles. The molecule has 0 saturated carbocycles. The molecule has 0 atom stereocenters. The van der Waals surface area contributed by atoms with E-state index in [2.05, 4.69) is 31.3 Å². The summed E-state index contributed by atoms with van der Waals surface area (Å²) in [6, 6.07) is 10.1. The summed E-state index contributed by atoms with van der Waals surface area (Å²) < 4.78 is 0. The van der Waals surface area contributed by atoms with Crippen LogP contribution >= 0.6 is 0 Å². The van der Waals surface area contributed by atoms with Crippen LogP contribution in [0.25, 0.3) is 0 Å². The van der Waals surface area contributed by atoms with Crippen molar-refractivity contribution < 1.29 is 4.79 Å². The van der Waals surface area contributed by atoms with Crippen LogP contribution in [0.2, 0.25) is 0 Å². The van der Waals surface area contributed by atoms with Crippen LogP contribution in [0.5, 0.6) is 0 Å². The molecule has 1 N–H and O–H groups in total. The van der Waals surface area contributed by atoms with E-state index in [1.165, 1.54) is 5.56 Å². The Hall–Kier alpha value is -1.35. The highest BCUT2D eigenvalue weighted by Crippen LogP contribution is 2.14. The van der Waals surface area contributed by atoms with E-state index in [4.69, 9.17) is 0 Å². The maximum absolute atomic E-state index is 11.7. The summed E-state index contributed by atoms with van der Waals surface area (Å²) in [5.41, 5.74) is 1.21. The summed E-state index contributed by atoms with van der Waals surface area (Å²) in [5.74, 6) is 0.183. The Labute approximate surface area is 96.5 Å². The normalized spacial score (nSPS) is 19.9. The van der Waals surface area contributed by atoms with Crippen LogP contribution in [0.15, 0.2) is 30.3 Å². The first kappa shape index (κ1) is 11.1. The van der Waals surface area contributed by atoms with Crippen molar-refractivity contribution in [2.24, 2.45) is 0 Å². The van der Waals surface area contributed by atoms with Gasteiger partial charge in [0.2, 0.25) is 5.91 Å². The van der Waals surface area contributed by atoms with Crippen molar-refractivity contribution in [3.8, 4) is 0 Å². The Kier molecular flexibility index (Phi) is 2.97. The van der Waals surface area contributed by atoms with Crippen LogP contribution in [0.4, 0.5) is 0 Å². The highest BCUT2D eigenvalue weighted by Gasteiger charge is 2.30. The van der Waals surface area contributed by atoms with E-state index in [1.807, 2.05) is 23.1 Å². The van der Waals surface area contributed by atoms with E-state index in [0.29, 0.717) is 13.1 Å². The zero-order valence-electron chi connectivity index (χ0n) is 9.86. The van der Waals surface area contributed by atoms with Gasteiger partial charge in [0, 0.05) is 18.6 Å². The maximum atomic E-state index is 11.7. The van der Waals surface area contributed by atoms with Gasteiger partial charge < -0.3 is 10.2 Å². The minimum Gasteiger partial charge on any atom is -0.335 e. The number of nitrogens with one attached hydrogen (secondary N) is 1. The van der Waals surface area contributed by atoms with Crippen molar-refractivity contribution >= 4 is 5.91 Å². The number of carbonyl (C=O) groups excluding carboxylic acids is 1. The number of carbonyl (C=O) groups is 1. The first-order chi connectivity index (χ1) is 7.57. The number of rotatable bonds is 2. The molecule has 2 rings (SSSR count). The van der Waals surface area contributed by atoms with E-state index < -0.39 is 0 Å². The average molecular weight is 218 g/mol. The first-order valence-electron chi connectivity index (χ1n) is 5.64. The summed E-state index contributed by atoms with van der Waals surface area (Å²) >= 11 is 0. The molecule has 0 aromatic heterocycles. The molecule has 0 radical (unpaired) electrons. The Balaban J connectivity index is 2.06. The highest BCUT2D eigenvalue weighted by molar-refractivity contribution is 5.79. The van der Waals surface area contributed by atoms with Gasteiger partial charge in [0.15, 0.2) is 0 Å². The zero-order valence-corrected chi connectivity index (χ0v) is 9.86. The lowest BCUT2D eigenvalue weighted by Crippen LogP contribution is -2.59. The summed E-state index contributed by atoms with van der Waals surface area (Å²) in [6.45, 7) is 6.17. The predicted molar refractivity (Wildman–Crippen MR) is 63.9 cm³/mol. The molecule has 3 heteroatoms. The number of hydrogen-bond donors (Lipinski definition) is 1. The second kappa shape index (κ2) is 4.26. The number of hydrogen-bond acceptors (Lipinski definition) is 2. The summed E-state index contributed by atoms with van der Waals surface area (Å²) in [7, 11) is 0. The van der Waals surface area contributed by atoms with Crippen molar-refractivity contribution in [2.75, 3.05) is 13.1 Å². The third-order valence-corrected chi connectivity index (χ3v) is 2.87. The largest absolute Gasteiger partial charge is 0.335 e. The molecule has 1 aromatic rings. The van der Waals surface area contributed by atoms with E-state index in [0.717, 1.165) is 6.54 Å². The second-order valence-electron chi connectivity index (χ2n) is 4.97. The molecule has 1 saturated heterocycles. The number of amides is 1. The molecule has 16 heavy (non-hydrogen) atoms. The quantitative estimate of drug-likeness (QED) is 0.813. The van der Waals surface area contributed by atoms with Gasteiger partial charge in [-0.25, -0.2) is 0 Å². The molecule has 86 valence electrons. The lowest BCUT2D eigenvalue weighted by molar-refractivity contribution is -0.135. The molecule has 1 aliphatic rings. The molecule has 1 aromatic carbocycles. The predicted octanol–water partition coefficient (Wildman–Crippen LogP) is 1.40. The summed E-state index contributed by atoms with van der Waals surface area (Å²) in [6.07, 6.45) is 0. The Morgan fingerprint density at radius 3 is 2.69 bits per heavy atom. The Morgan fingerprint density at radius 1 is 1.31 bits per heavy atom. The SMILES string of the molecule is CC1(C)CN(Cc2ccccc2)C(=O)CN1. The van der Waals surface area contributed by atoms with Crippen LogP contribution in [-0.2, 0) is 11.3 Å². The van der Waals surface area contributed by atoms with Gasteiger partial charge in [-0.05, 0) is 19.4 Å². The van der Waals surface area contributed by atoms with Gasteiger partial charge in [0.05, 0.1) is 6.54 Å². The van der Waals surface area contributed by atoms with E-state index in [1.54, 1.807) is 0 Å². The molecule has 0 unspecified atom stereocenters. The fraction of sp³-hybridized carbons (Fsp3) is 0.462. The minimum atomic E-state index is 0.0166. The fourth-order valence-corrected chi connectivity index (χ4v) is 2.00. The molecule has 1 heterocycles. The number of piperazine rings is 1. The standard InChI is InChI=1S/C13H18N2O/c1-13(2)10-15(12(16)8-14-13)9-11-6-4-3-5-7-11/h3-7,14H,8-10H2,1-2H3. The molecule has 0 spiro atoms. The Bertz CT molecular complexity index is 373. The van der Waals surface area contributed by atoms with Crippen LogP contribution in [0.3, 0.4) is 0 Å². The van der Waals surface area contributed by atoms with Crippen molar-refractivity contribution in [1.29, 1.82) is 0 Å². The van der Waals surface area contributed by atoms with Gasteiger partial charge in [-0.3, -0.25) is 4.79 Å². The number of benzene rings is 1. The fourth-order valence-electron chi connectivity index (χ4n) is 2.00. The van der Waals surface area contributed by atoms with Crippen LogP contribution in [-0.4, -0.2) is 29.4 Å². The lowest BCUT2D eigenvalue weighted by atomic mass is 10.0. The molecule has 1 amide bonds. The maximum Gasteiger partial charge on any atom is 0.236 e. The van der Waals surface area contributed by atoms with Crippen LogP contribution < -0.4 is 5.32 Å². The minimum absolute atomic E-state index is 0.0166. The third-order valence-electron chi connectivity index (χ3n) is 2.87. The van der Waals surface area contributed by atoms with Gasteiger partial charge in [-0.1, -0.05) is 30.3 Å². The van der Waals surface area contributed by atoms with E-state index >= 15 is 0 Å². The highest BCUT2D eigenvalue weighted by atomic mass is 16.2. The molecule has 0 aliphatic carbocycles. The number of nitrogens with zero attached hydrogens (tertiary/aromatic N) is 1. The smallest absolute Gasteiger partial charge is 0.236 e. The van der Waals surface area contributed by atoms with E-state index in [-0.39, 0.29) is 11.4 Å². The van der Waals surface area contributed by atoms with Crippen LogP contribution in [0.1, 0.15) is 19.4 Å². The summed E-state index contributed by atoms with van der Waals surface area (Å²) in [5, 5.41) is 3.23. The van der Waals surface area contributed by atoms with Gasteiger partial charge in [-0.2, -0.15) is 0 Å². The van der Waals surface area contributed by atoms with Crippen molar-refractivity contribution in [3.63, 3.8) is 0 Å². The molecular formula is C13H18N2O. The third kappa shape index (κ3) is 2.61. The lowest BCUT2D eigenvalue weighted by Gasteiger charge is -2.38. The average Bonchev–Trinajstić information content (AvgIpc) is 2.25. The topological polar surface area (TPSA) is 32.3 Å². The van der Waals surface area contributed by atoms with Gasteiger partial charge >= 0.3 is 0 Å². The second-order valence-corrected chi connectivity index (χ2v) is 4.97. The van der Waals surface area contributed by atoms with Gasteiger partial charge in [0.25, 0.3) is 0 Å². The van der Waals surface area contributed by atoms with Crippen molar-refractivity contribution in [2.45, 2.75) is 25.9 Å².